The Kier molecular flexibility index (Phi) is 2.94. The summed E-state index contributed by atoms with van der Waals surface area (Å²) < 4.78 is 0. The van der Waals surface area contributed by atoms with Crippen molar-refractivity contribution in [2.24, 2.45) is 5.92 Å². The highest BCUT2D eigenvalue weighted by atomic mass is 16.2. The molecule has 0 aromatic heterocycles. The molecule has 4 unspecified atom stereocenters. The second-order valence-electron chi connectivity index (χ2n) is 6.08. The first-order valence-corrected chi connectivity index (χ1v) is 7.52. The van der Waals surface area contributed by atoms with Crippen LogP contribution in [0, 0.1) is 5.92 Å². The van der Waals surface area contributed by atoms with Gasteiger partial charge in [0, 0.05) is 24.3 Å². The molecule has 2 saturated heterocycles. The third-order valence-electron chi connectivity index (χ3n) is 4.84. The number of carbonyl (C=O) groups is 1. The van der Waals surface area contributed by atoms with Crippen LogP contribution in [0.15, 0.2) is 42.5 Å². The number of hydrogen-bond acceptors (Lipinski definition) is 3. The third kappa shape index (κ3) is 2.03. The van der Waals surface area contributed by atoms with Crippen LogP contribution in [0.3, 0.4) is 0 Å². The maximum Gasteiger partial charge on any atom is 0.221 e. The molecule has 3 N–H and O–H groups in total. The fourth-order valence-corrected chi connectivity index (χ4v) is 3.87. The first kappa shape index (κ1) is 12.8. The number of benzene rings is 2. The molecule has 4 rings (SSSR count). The lowest BCUT2D eigenvalue weighted by molar-refractivity contribution is -0.125. The zero-order chi connectivity index (χ0) is 14.4. The fraction of sp³-hybridized carbons (Fsp3) is 0.353. The van der Waals surface area contributed by atoms with Gasteiger partial charge >= 0.3 is 0 Å². The molecule has 4 heteroatoms. The lowest BCUT2D eigenvalue weighted by Gasteiger charge is -2.35. The highest BCUT2D eigenvalue weighted by Crippen LogP contribution is 2.39. The largest absolute Gasteiger partial charge is 0.339 e. The van der Waals surface area contributed by atoms with Crippen LogP contribution in [0.5, 0.6) is 0 Å². The van der Waals surface area contributed by atoms with E-state index in [1.54, 1.807) is 0 Å². The first-order valence-electron chi connectivity index (χ1n) is 7.52. The van der Waals surface area contributed by atoms with Crippen LogP contribution in [0.2, 0.25) is 0 Å². The van der Waals surface area contributed by atoms with Gasteiger partial charge in [-0.3, -0.25) is 10.2 Å². The zero-order valence-electron chi connectivity index (χ0n) is 12.0. The highest BCUT2D eigenvalue weighted by molar-refractivity contribution is 5.87. The molecule has 1 amide bonds. The van der Waals surface area contributed by atoms with E-state index >= 15 is 0 Å². The number of rotatable bonds is 1. The van der Waals surface area contributed by atoms with Gasteiger partial charge in [0.1, 0.15) is 0 Å². The molecule has 108 valence electrons. The van der Waals surface area contributed by atoms with Crippen LogP contribution < -0.4 is 16.2 Å². The molecule has 0 saturated carbocycles. The normalized spacial score (nSPS) is 32.0. The molecule has 0 spiro atoms. The first-order chi connectivity index (χ1) is 10.2. The van der Waals surface area contributed by atoms with Crippen LogP contribution in [-0.2, 0) is 4.79 Å². The van der Waals surface area contributed by atoms with Crippen molar-refractivity contribution in [2.75, 3.05) is 0 Å². The van der Waals surface area contributed by atoms with Crippen molar-refractivity contribution in [3.8, 4) is 0 Å². The van der Waals surface area contributed by atoms with Crippen molar-refractivity contribution in [2.45, 2.75) is 31.5 Å². The quantitative estimate of drug-likeness (QED) is 0.748. The van der Waals surface area contributed by atoms with Crippen molar-refractivity contribution in [3.63, 3.8) is 0 Å². The second kappa shape index (κ2) is 4.83. The molecule has 2 aromatic carbocycles. The summed E-state index contributed by atoms with van der Waals surface area (Å²) in [6.07, 6.45) is 0.577. The Morgan fingerprint density at radius 3 is 2.76 bits per heavy atom. The van der Waals surface area contributed by atoms with Gasteiger partial charge < -0.3 is 5.32 Å². The number of nitrogens with one attached hydrogen (secondary N) is 3. The van der Waals surface area contributed by atoms with E-state index in [2.05, 4.69) is 65.6 Å². The van der Waals surface area contributed by atoms with Crippen LogP contribution in [0.4, 0.5) is 0 Å². The summed E-state index contributed by atoms with van der Waals surface area (Å²) in [5.41, 5.74) is 7.76. The van der Waals surface area contributed by atoms with E-state index in [9.17, 15) is 4.79 Å². The van der Waals surface area contributed by atoms with E-state index in [4.69, 9.17) is 0 Å². The molecule has 2 heterocycles. The number of amides is 1. The van der Waals surface area contributed by atoms with E-state index < -0.39 is 0 Å². The summed E-state index contributed by atoms with van der Waals surface area (Å²) in [5.74, 6) is 0.735. The van der Waals surface area contributed by atoms with Gasteiger partial charge in [0.15, 0.2) is 0 Å². The maximum absolute atomic E-state index is 12.1. The smallest absolute Gasteiger partial charge is 0.221 e. The van der Waals surface area contributed by atoms with Gasteiger partial charge in [-0.25, -0.2) is 5.43 Å². The molecule has 2 aliphatic rings. The molecule has 0 bridgehead atoms. The fourth-order valence-electron chi connectivity index (χ4n) is 3.87. The number of fused-ring (bicyclic) bond motifs is 2. The summed E-state index contributed by atoms with van der Waals surface area (Å²) in [6, 6.07) is 15.2. The standard InChI is InChI=1S/C17H19N3O/c1-10-16-14(9-15(21)18-17(16)20-19-10)13-8-4-6-11-5-2-3-7-12(11)13/h2-8,10,14,16-17,19-20H,9H2,1H3,(H,18,21). The van der Waals surface area contributed by atoms with E-state index in [-0.39, 0.29) is 18.0 Å². The minimum atomic E-state index is 0.0187. The highest BCUT2D eigenvalue weighted by Gasteiger charge is 2.44. The van der Waals surface area contributed by atoms with Crippen molar-refractivity contribution in [1.82, 2.24) is 16.2 Å². The zero-order valence-corrected chi connectivity index (χ0v) is 12.0. The molecule has 21 heavy (non-hydrogen) atoms. The molecule has 4 nitrogen and oxygen atoms in total. The van der Waals surface area contributed by atoms with Crippen molar-refractivity contribution in [3.05, 3.63) is 48.0 Å². The monoisotopic (exact) mass is 281 g/mol. The Bertz CT molecular complexity index is 694. The number of hydrazine groups is 1. The topological polar surface area (TPSA) is 53.2 Å². The lowest BCUT2D eigenvalue weighted by atomic mass is 9.75. The average molecular weight is 281 g/mol. The number of carbonyl (C=O) groups excluding carboxylic acids is 1. The maximum atomic E-state index is 12.1. The number of hydrogen-bond donors (Lipinski definition) is 3. The summed E-state index contributed by atoms with van der Waals surface area (Å²) in [6.45, 7) is 2.17. The molecule has 0 aliphatic carbocycles. The van der Waals surface area contributed by atoms with E-state index in [0.29, 0.717) is 18.4 Å². The second-order valence-corrected chi connectivity index (χ2v) is 6.08. The summed E-state index contributed by atoms with van der Waals surface area (Å²) >= 11 is 0. The molecule has 0 radical (unpaired) electrons. The Morgan fingerprint density at radius 2 is 1.86 bits per heavy atom. The summed E-state index contributed by atoms with van der Waals surface area (Å²) in [4.78, 5) is 12.1. The van der Waals surface area contributed by atoms with Gasteiger partial charge in [-0.15, -0.1) is 0 Å². The predicted octanol–water partition coefficient (Wildman–Crippen LogP) is 1.88. The van der Waals surface area contributed by atoms with Crippen LogP contribution in [-0.4, -0.2) is 18.1 Å². The van der Waals surface area contributed by atoms with Crippen LogP contribution in [0.1, 0.15) is 24.8 Å². The predicted molar refractivity (Wildman–Crippen MR) is 82.5 cm³/mol. The van der Waals surface area contributed by atoms with E-state index in [0.717, 1.165) is 0 Å². The Labute approximate surface area is 123 Å². The third-order valence-corrected chi connectivity index (χ3v) is 4.84. The molecule has 4 atom stereocenters. The Hall–Kier alpha value is -1.91. The van der Waals surface area contributed by atoms with E-state index in [1.807, 2.05) is 0 Å². The van der Waals surface area contributed by atoms with Crippen LogP contribution >= 0.6 is 0 Å². The average Bonchev–Trinajstić information content (AvgIpc) is 2.87. The van der Waals surface area contributed by atoms with E-state index in [1.165, 1.54) is 16.3 Å². The minimum absolute atomic E-state index is 0.0187. The van der Waals surface area contributed by atoms with Crippen molar-refractivity contribution >= 4 is 16.7 Å². The van der Waals surface area contributed by atoms with Gasteiger partial charge in [0.2, 0.25) is 5.91 Å². The molecule has 2 aliphatic heterocycles. The van der Waals surface area contributed by atoms with Gasteiger partial charge in [-0.2, -0.15) is 0 Å². The Morgan fingerprint density at radius 1 is 1.05 bits per heavy atom. The molecular weight excluding hydrogens is 262 g/mol. The van der Waals surface area contributed by atoms with Crippen molar-refractivity contribution in [1.29, 1.82) is 0 Å². The molecular formula is C17H19N3O. The summed E-state index contributed by atoms with van der Waals surface area (Å²) in [5, 5.41) is 5.55. The SMILES string of the molecule is CC1NNC2NC(=O)CC(c3cccc4ccccc34)C12. The summed E-state index contributed by atoms with van der Waals surface area (Å²) in [7, 11) is 0. The molecule has 2 aromatic rings. The van der Waals surface area contributed by atoms with Crippen molar-refractivity contribution < 1.29 is 4.79 Å². The van der Waals surface area contributed by atoms with Gasteiger partial charge in [0.25, 0.3) is 0 Å². The van der Waals surface area contributed by atoms with Gasteiger partial charge in [0.05, 0.1) is 6.17 Å². The Balaban J connectivity index is 1.84. The minimum Gasteiger partial charge on any atom is -0.339 e. The van der Waals surface area contributed by atoms with Gasteiger partial charge in [-0.05, 0) is 23.3 Å². The molecule has 2 fully saturated rings. The van der Waals surface area contributed by atoms with Gasteiger partial charge in [-0.1, -0.05) is 42.5 Å². The lowest BCUT2D eigenvalue weighted by Crippen LogP contribution is -2.52. The van der Waals surface area contributed by atoms with Crippen LogP contribution in [0.25, 0.3) is 10.8 Å². The number of piperidine rings is 1.